The van der Waals surface area contributed by atoms with Gasteiger partial charge in [0, 0.05) is 10.7 Å². The van der Waals surface area contributed by atoms with E-state index in [1.165, 1.54) is 11.8 Å². The molecule has 8 heteroatoms. The summed E-state index contributed by atoms with van der Waals surface area (Å²) in [4.78, 5) is 20.3. The number of aromatic nitrogens is 2. The number of carbonyl (C=O) groups excluding carboxylic acids is 1. The lowest BCUT2D eigenvalue weighted by molar-refractivity contribution is -0.115. The highest BCUT2D eigenvalue weighted by atomic mass is 35.5. The van der Waals surface area contributed by atoms with Gasteiger partial charge in [-0.15, -0.1) is 0 Å². The predicted octanol–water partition coefficient (Wildman–Crippen LogP) is 5.70. The maximum atomic E-state index is 12.5. The number of aromatic amines is 1. The Morgan fingerprint density at radius 1 is 1.11 bits per heavy atom. The van der Waals surface area contributed by atoms with Gasteiger partial charge in [-0.1, -0.05) is 23.4 Å². The summed E-state index contributed by atoms with van der Waals surface area (Å²) in [5.41, 5.74) is 2.02. The summed E-state index contributed by atoms with van der Waals surface area (Å²) in [5, 5.41) is 3.70. The Hall–Kier alpha value is -2.90. The molecule has 0 saturated heterocycles. The van der Waals surface area contributed by atoms with Crippen molar-refractivity contribution in [3.05, 3.63) is 66.1 Å². The van der Waals surface area contributed by atoms with E-state index in [-0.39, 0.29) is 11.2 Å². The molecule has 0 bridgehead atoms. The molecular formula is C20H16ClN3O3S. The lowest BCUT2D eigenvalue weighted by Gasteiger charge is -2.10. The van der Waals surface area contributed by atoms with Crippen molar-refractivity contribution in [1.29, 1.82) is 0 Å². The molecule has 3 heterocycles. The molecule has 142 valence electrons. The lowest BCUT2D eigenvalue weighted by atomic mass is 10.2. The summed E-state index contributed by atoms with van der Waals surface area (Å²) in [6, 6.07) is 14.2. The van der Waals surface area contributed by atoms with Gasteiger partial charge < -0.3 is 19.1 Å². The van der Waals surface area contributed by atoms with Crippen LogP contribution in [0.5, 0.6) is 0 Å². The van der Waals surface area contributed by atoms with Crippen molar-refractivity contribution in [2.45, 2.75) is 17.3 Å². The second-order valence-corrected chi connectivity index (χ2v) is 7.74. The van der Waals surface area contributed by atoms with Gasteiger partial charge >= 0.3 is 0 Å². The van der Waals surface area contributed by atoms with Gasteiger partial charge in [0.25, 0.3) is 0 Å². The van der Waals surface area contributed by atoms with Gasteiger partial charge in [-0.2, -0.15) is 0 Å². The molecule has 4 aromatic rings. The molecule has 0 saturated carbocycles. The minimum atomic E-state index is -0.379. The molecule has 2 N–H and O–H groups in total. The molecule has 28 heavy (non-hydrogen) atoms. The van der Waals surface area contributed by atoms with Crippen molar-refractivity contribution < 1.29 is 13.6 Å². The van der Waals surface area contributed by atoms with Crippen LogP contribution in [0.25, 0.3) is 22.9 Å². The molecule has 4 rings (SSSR count). The number of hydrogen-bond acceptors (Lipinski definition) is 5. The fourth-order valence-corrected chi connectivity index (χ4v) is 3.53. The van der Waals surface area contributed by atoms with Crippen LogP contribution >= 0.6 is 23.4 Å². The van der Waals surface area contributed by atoms with Crippen molar-refractivity contribution in [2.24, 2.45) is 0 Å². The number of carbonyl (C=O) groups is 1. The van der Waals surface area contributed by atoms with Gasteiger partial charge in [0.1, 0.15) is 11.4 Å². The maximum Gasteiger partial charge on any atom is 0.237 e. The average molecular weight is 414 g/mol. The minimum absolute atomic E-state index is 0.136. The second-order valence-electron chi connectivity index (χ2n) is 5.98. The number of thioether (sulfide) groups is 1. The van der Waals surface area contributed by atoms with E-state index < -0.39 is 0 Å². The van der Waals surface area contributed by atoms with Crippen LogP contribution in [0.3, 0.4) is 0 Å². The largest absolute Gasteiger partial charge is 0.463 e. The molecule has 0 radical (unpaired) electrons. The number of anilines is 1. The van der Waals surface area contributed by atoms with E-state index in [2.05, 4.69) is 15.3 Å². The van der Waals surface area contributed by atoms with Crippen LogP contribution in [0.1, 0.15) is 6.92 Å². The van der Waals surface area contributed by atoms with Gasteiger partial charge in [-0.25, -0.2) is 4.98 Å². The predicted molar refractivity (Wildman–Crippen MR) is 109 cm³/mol. The van der Waals surface area contributed by atoms with Crippen LogP contribution in [0, 0.1) is 0 Å². The first kappa shape index (κ1) is 18.5. The highest BCUT2D eigenvalue weighted by molar-refractivity contribution is 8.00. The molecule has 1 amide bonds. The molecular weight excluding hydrogens is 398 g/mol. The van der Waals surface area contributed by atoms with Crippen LogP contribution in [0.2, 0.25) is 5.02 Å². The summed E-state index contributed by atoms with van der Waals surface area (Å²) in [6.07, 6.45) is 3.18. The summed E-state index contributed by atoms with van der Waals surface area (Å²) in [6.45, 7) is 1.82. The quantitative estimate of drug-likeness (QED) is 0.396. The second kappa shape index (κ2) is 8.00. The van der Waals surface area contributed by atoms with Crippen molar-refractivity contribution in [3.8, 4) is 22.9 Å². The van der Waals surface area contributed by atoms with Gasteiger partial charge in [-0.3, -0.25) is 4.79 Å². The molecule has 0 aliphatic rings. The van der Waals surface area contributed by atoms with Crippen molar-refractivity contribution in [1.82, 2.24) is 9.97 Å². The number of nitrogens with one attached hydrogen (secondary N) is 2. The topological polar surface area (TPSA) is 84.1 Å². The molecule has 6 nitrogen and oxygen atoms in total. The minimum Gasteiger partial charge on any atom is -0.463 e. The van der Waals surface area contributed by atoms with E-state index in [4.69, 9.17) is 20.4 Å². The normalized spacial score (nSPS) is 12.1. The summed E-state index contributed by atoms with van der Waals surface area (Å²) < 4.78 is 11.0. The number of H-pyrrole nitrogens is 1. The third kappa shape index (κ3) is 4.00. The van der Waals surface area contributed by atoms with E-state index in [1.54, 1.807) is 48.9 Å². The van der Waals surface area contributed by atoms with Crippen molar-refractivity contribution in [3.63, 3.8) is 0 Å². The maximum absolute atomic E-state index is 12.5. The number of halogens is 1. The number of imidazole rings is 1. The van der Waals surface area contributed by atoms with Crippen molar-refractivity contribution in [2.75, 3.05) is 5.32 Å². The highest BCUT2D eigenvalue weighted by Crippen LogP contribution is 2.34. The molecule has 1 unspecified atom stereocenters. The molecule has 0 aliphatic carbocycles. The third-order valence-corrected chi connectivity index (χ3v) is 5.21. The molecule has 0 aliphatic heterocycles. The fourth-order valence-electron chi connectivity index (χ4n) is 2.60. The lowest BCUT2D eigenvalue weighted by Crippen LogP contribution is -2.22. The zero-order valence-corrected chi connectivity index (χ0v) is 16.4. The van der Waals surface area contributed by atoms with Crippen LogP contribution in [-0.4, -0.2) is 21.1 Å². The highest BCUT2D eigenvalue weighted by Gasteiger charge is 2.22. The number of benzene rings is 1. The van der Waals surface area contributed by atoms with Gasteiger partial charge in [0.2, 0.25) is 5.91 Å². The fraction of sp³-hybridized carbons (Fsp3) is 0.100. The molecule has 3 aromatic heterocycles. The van der Waals surface area contributed by atoms with E-state index in [9.17, 15) is 4.79 Å². The summed E-state index contributed by atoms with van der Waals surface area (Å²) >= 11 is 7.19. The zero-order chi connectivity index (χ0) is 19.5. The molecule has 0 spiro atoms. The first-order valence-corrected chi connectivity index (χ1v) is 9.77. The smallest absolute Gasteiger partial charge is 0.237 e. The van der Waals surface area contributed by atoms with Gasteiger partial charge in [0.15, 0.2) is 16.7 Å². The Morgan fingerprint density at radius 3 is 2.43 bits per heavy atom. The number of hydrogen-bond donors (Lipinski definition) is 2. The van der Waals surface area contributed by atoms with Crippen LogP contribution < -0.4 is 5.32 Å². The number of rotatable bonds is 6. The Bertz CT molecular complexity index is 1010. The number of nitrogens with zero attached hydrogens (tertiary/aromatic N) is 1. The molecule has 1 atom stereocenters. The number of amides is 1. The SMILES string of the molecule is CC(Sc1nc(-c2ccco2)c(-c2ccco2)[nH]1)C(=O)Nc1ccc(Cl)cc1. The van der Waals surface area contributed by atoms with Crippen LogP contribution in [0.15, 0.2) is 75.0 Å². The van der Waals surface area contributed by atoms with Gasteiger partial charge in [-0.05, 0) is 55.5 Å². The van der Waals surface area contributed by atoms with Crippen LogP contribution in [0.4, 0.5) is 5.69 Å². The third-order valence-electron chi connectivity index (χ3n) is 3.97. The van der Waals surface area contributed by atoms with Crippen molar-refractivity contribution >= 4 is 35.0 Å². The summed E-state index contributed by atoms with van der Waals surface area (Å²) in [5.74, 6) is 1.12. The molecule has 0 fully saturated rings. The Morgan fingerprint density at radius 2 is 1.79 bits per heavy atom. The summed E-state index contributed by atoms with van der Waals surface area (Å²) in [7, 11) is 0. The Kier molecular flexibility index (Phi) is 5.27. The first-order chi connectivity index (χ1) is 13.6. The van der Waals surface area contributed by atoms with Gasteiger partial charge in [0.05, 0.1) is 17.8 Å². The van der Waals surface area contributed by atoms with E-state index in [1.807, 2.05) is 19.1 Å². The van der Waals surface area contributed by atoms with Crippen LogP contribution in [-0.2, 0) is 4.79 Å². The number of furan rings is 2. The van der Waals surface area contributed by atoms with E-state index >= 15 is 0 Å². The first-order valence-electron chi connectivity index (χ1n) is 8.51. The standard InChI is InChI=1S/C20H16ClN3O3S/c1-12(19(25)22-14-8-6-13(21)7-9-14)28-20-23-17(15-4-2-10-26-15)18(24-20)16-5-3-11-27-16/h2-12H,1H3,(H,22,25)(H,23,24). The van der Waals surface area contributed by atoms with E-state index in [0.29, 0.717) is 38.8 Å². The Balaban J connectivity index is 1.53. The molecule has 1 aromatic carbocycles. The van der Waals surface area contributed by atoms with E-state index in [0.717, 1.165) is 0 Å². The zero-order valence-electron chi connectivity index (χ0n) is 14.8. The Labute approximate surface area is 170 Å². The monoisotopic (exact) mass is 413 g/mol. The average Bonchev–Trinajstić information content (AvgIpc) is 3.44.